The molecule has 1 aromatic carbocycles. The van der Waals surface area contributed by atoms with Gasteiger partial charge in [-0.05, 0) is 19.1 Å². The summed E-state index contributed by atoms with van der Waals surface area (Å²) in [7, 11) is 0. The summed E-state index contributed by atoms with van der Waals surface area (Å²) in [5, 5.41) is 9.00. The van der Waals surface area contributed by atoms with Crippen molar-refractivity contribution in [1.82, 2.24) is 0 Å². The number of hydrogen-bond donors (Lipinski definition) is 1. The second-order valence-electron chi connectivity index (χ2n) is 3.04. The predicted molar refractivity (Wildman–Crippen MR) is 53.2 cm³/mol. The lowest BCUT2D eigenvalue weighted by Crippen LogP contribution is -2.08. The number of aliphatic hydroxyl groups excluding tert-OH is 1. The van der Waals surface area contributed by atoms with E-state index in [-0.39, 0.29) is 17.4 Å². The second kappa shape index (κ2) is 5.17. The first-order valence-corrected chi connectivity index (χ1v) is 4.74. The highest BCUT2D eigenvalue weighted by atomic mass is 35.5. The van der Waals surface area contributed by atoms with E-state index in [0.29, 0.717) is 6.42 Å². The zero-order chi connectivity index (χ0) is 10.6. The smallest absolute Gasteiger partial charge is 0.183 e. The fourth-order valence-electron chi connectivity index (χ4n) is 0.935. The molecule has 2 nitrogen and oxygen atoms in total. The third-order valence-electron chi connectivity index (χ3n) is 1.71. The van der Waals surface area contributed by atoms with Crippen LogP contribution in [0.5, 0.6) is 5.75 Å². The molecule has 0 aliphatic heterocycles. The van der Waals surface area contributed by atoms with Crippen molar-refractivity contribution in [2.24, 2.45) is 0 Å². The van der Waals surface area contributed by atoms with Gasteiger partial charge in [-0.15, -0.1) is 0 Å². The summed E-state index contributed by atoms with van der Waals surface area (Å²) in [6.07, 6.45) is 0.0172. The first kappa shape index (κ1) is 11.3. The minimum Gasteiger partial charge on any atom is -0.490 e. The zero-order valence-corrected chi connectivity index (χ0v) is 8.59. The van der Waals surface area contributed by atoms with Gasteiger partial charge in [-0.25, -0.2) is 4.39 Å². The number of aliphatic hydroxyl groups is 1. The number of hydrogen-bond acceptors (Lipinski definition) is 2. The average molecular weight is 219 g/mol. The van der Waals surface area contributed by atoms with Crippen LogP contribution in [0.3, 0.4) is 0 Å². The molecule has 1 unspecified atom stereocenters. The minimum atomic E-state index is -0.556. The van der Waals surface area contributed by atoms with Crippen LogP contribution in [0.25, 0.3) is 0 Å². The van der Waals surface area contributed by atoms with Crippen molar-refractivity contribution in [2.45, 2.75) is 19.4 Å². The van der Waals surface area contributed by atoms with E-state index in [2.05, 4.69) is 0 Å². The Kier molecular flexibility index (Phi) is 4.17. The molecular weight excluding hydrogens is 207 g/mol. The first-order chi connectivity index (χ1) is 6.61. The number of halogens is 2. The van der Waals surface area contributed by atoms with Gasteiger partial charge < -0.3 is 9.84 Å². The van der Waals surface area contributed by atoms with Crippen LogP contribution in [0.1, 0.15) is 13.3 Å². The Labute approximate surface area is 87.3 Å². The quantitative estimate of drug-likeness (QED) is 0.842. The van der Waals surface area contributed by atoms with Gasteiger partial charge in [0.1, 0.15) is 0 Å². The highest BCUT2D eigenvalue weighted by molar-refractivity contribution is 6.30. The van der Waals surface area contributed by atoms with Crippen LogP contribution in [0, 0.1) is 5.82 Å². The Morgan fingerprint density at radius 3 is 2.93 bits per heavy atom. The van der Waals surface area contributed by atoms with Gasteiger partial charge in [0.05, 0.1) is 17.7 Å². The molecule has 0 amide bonds. The molecule has 0 aromatic heterocycles. The molecule has 1 N–H and O–H groups in total. The van der Waals surface area contributed by atoms with E-state index in [4.69, 9.17) is 21.4 Å². The van der Waals surface area contributed by atoms with Gasteiger partial charge in [-0.2, -0.15) is 0 Å². The Morgan fingerprint density at radius 1 is 1.57 bits per heavy atom. The third-order valence-corrected chi connectivity index (χ3v) is 2.00. The molecule has 78 valence electrons. The van der Waals surface area contributed by atoms with Crippen molar-refractivity contribution in [3.05, 3.63) is 29.0 Å². The van der Waals surface area contributed by atoms with Crippen LogP contribution < -0.4 is 4.74 Å². The molecule has 14 heavy (non-hydrogen) atoms. The predicted octanol–water partition coefficient (Wildman–Crippen LogP) is 2.63. The molecule has 1 atom stereocenters. The van der Waals surface area contributed by atoms with Crippen molar-refractivity contribution in [2.75, 3.05) is 6.61 Å². The van der Waals surface area contributed by atoms with E-state index in [9.17, 15) is 4.39 Å². The summed E-state index contributed by atoms with van der Waals surface area (Å²) in [6, 6.07) is 4.57. The van der Waals surface area contributed by atoms with Crippen LogP contribution in [-0.2, 0) is 0 Å². The van der Waals surface area contributed by atoms with E-state index in [1.54, 1.807) is 13.0 Å². The lowest BCUT2D eigenvalue weighted by Gasteiger charge is -2.08. The molecule has 0 saturated carbocycles. The van der Waals surface area contributed by atoms with Gasteiger partial charge in [0, 0.05) is 6.42 Å². The molecular formula is C10H12ClFO2. The van der Waals surface area contributed by atoms with Crippen LogP contribution >= 0.6 is 11.6 Å². The van der Waals surface area contributed by atoms with Gasteiger partial charge >= 0.3 is 0 Å². The molecule has 4 heteroatoms. The minimum absolute atomic E-state index is 0.0412. The van der Waals surface area contributed by atoms with E-state index in [1.165, 1.54) is 12.1 Å². The fraction of sp³-hybridized carbons (Fsp3) is 0.400. The lowest BCUT2D eigenvalue weighted by atomic mass is 10.3. The molecule has 0 heterocycles. The van der Waals surface area contributed by atoms with Crippen LogP contribution in [0.15, 0.2) is 18.2 Å². The summed E-state index contributed by atoms with van der Waals surface area (Å²) in [4.78, 5) is 0. The molecule has 1 aromatic rings. The topological polar surface area (TPSA) is 29.5 Å². The SMILES string of the molecule is CC(O)CCOc1cccc(Cl)c1F. The Balaban J connectivity index is 2.54. The Morgan fingerprint density at radius 2 is 2.29 bits per heavy atom. The third kappa shape index (κ3) is 3.16. The van der Waals surface area contributed by atoms with Crippen molar-refractivity contribution in [3.63, 3.8) is 0 Å². The summed E-state index contributed by atoms with van der Waals surface area (Å²) in [5.74, 6) is -0.432. The molecule has 0 bridgehead atoms. The van der Waals surface area contributed by atoms with Crippen molar-refractivity contribution >= 4 is 11.6 Å². The normalized spacial score (nSPS) is 12.6. The van der Waals surface area contributed by atoms with E-state index >= 15 is 0 Å². The van der Waals surface area contributed by atoms with Gasteiger partial charge in [-0.1, -0.05) is 17.7 Å². The number of rotatable bonds is 4. The number of ether oxygens (including phenoxy) is 1. The molecule has 0 fully saturated rings. The van der Waals surface area contributed by atoms with Crippen molar-refractivity contribution in [1.29, 1.82) is 0 Å². The summed E-state index contributed by atoms with van der Waals surface area (Å²) in [5.41, 5.74) is 0. The van der Waals surface area contributed by atoms with E-state index in [1.807, 2.05) is 0 Å². The van der Waals surface area contributed by atoms with E-state index in [0.717, 1.165) is 0 Å². The second-order valence-corrected chi connectivity index (χ2v) is 3.45. The average Bonchev–Trinajstić information content (AvgIpc) is 2.12. The maximum absolute atomic E-state index is 13.2. The Bertz CT molecular complexity index is 302. The van der Waals surface area contributed by atoms with Gasteiger partial charge in [0.25, 0.3) is 0 Å². The molecule has 0 saturated heterocycles. The lowest BCUT2D eigenvalue weighted by molar-refractivity contribution is 0.154. The Hall–Kier alpha value is -0.800. The van der Waals surface area contributed by atoms with Crippen molar-refractivity contribution in [3.8, 4) is 5.75 Å². The van der Waals surface area contributed by atoms with Crippen LogP contribution in [-0.4, -0.2) is 17.8 Å². The van der Waals surface area contributed by atoms with E-state index < -0.39 is 11.9 Å². The van der Waals surface area contributed by atoms with Gasteiger partial charge in [0.2, 0.25) is 0 Å². The number of benzene rings is 1. The van der Waals surface area contributed by atoms with Crippen molar-refractivity contribution < 1.29 is 14.2 Å². The van der Waals surface area contributed by atoms with Crippen LogP contribution in [0.2, 0.25) is 5.02 Å². The molecule has 0 spiro atoms. The largest absolute Gasteiger partial charge is 0.490 e. The summed E-state index contributed by atoms with van der Waals surface area (Å²) >= 11 is 5.55. The molecule has 0 radical (unpaired) electrons. The molecule has 0 aliphatic carbocycles. The summed E-state index contributed by atoms with van der Waals surface area (Å²) < 4.78 is 18.3. The molecule has 0 aliphatic rings. The maximum atomic E-state index is 13.2. The monoisotopic (exact) mass is 218 g/mol. The zero-order valence-electron chi connectivity index (χ0n) is 7.84. The highest BCUT2D eigenvalue weighted by Gasteiger charge is 2.07. The fourth-order valence-corrected chi connectivity index (χ4v) is 1.10. The standard InChI is InChI=1S/C10H12ClFO2/c1-7(13)5-6-14-9-4-2-3-8(11)10(9)12/h2-4,7,13H,5-6H2,1H3. The first-order valence-electron chi connectivity index (χ1n) is 4.36. The van der Waals surface area contributed by atoms with Gasteiger partial charge in [0.15, 0.2) is 11.6 Å². The van der Waals surface area contributed by atoms with Crippen LogP contribution in [0.4, 0.5) is 4.39 Å². The highest BCUT2D eigenvalue weighted by Crippen LogP contribution is 2.24. The maximum Gasteiger partial charge on any atom is 0.183 e. The van der Waals surface area contributed by atoms with Gasteiger partial charge in [-0.3, -0.25) is 0 Å². The summed E-state index contributed by atoms with van der Waals surface area (Å²) in [6.45, 7) is 1.92. The molecule has 1 rings (SSSR count).